The largest absolute Gasteiger partial charge is 0.480 e. The van der Waals surface area contributed by atoms with Gasteiger partial charge >= 0.3 is 0 Å². The molecular formula is C18H19FN6O2. The first-order chi connectivity index (χ1) is 13.1. The first-order valence-electron chi connectivity index (χ1n) is 8.17. The van der Waals surface area contributed by atoms with Crippen molar-refractivity contribution in [2.45, 2.75) is 6.42 Å². The molecule has 3 N–H and O–H groups in total. The summed E-state index contributed by atoms with van der Waals surface area (Å²) >= 11 is 0. The van der Waals surface area contributed by atoms with Gasteiger partial charge in [0.25, 0.3) is 6.02 Å². The van der Waals surface area contributed by atoms with E-state index >= 15 is 0 Å². The second-order valence-electron chi connectivity index (χ2n) is 5.53. The number of fused-ring (bicyclic) bond motifs is 1. The molecule has 2 heterocycles. The smallest absolute Gasteiger partial charge is 0.281 e. The van der Waals surface area contributed by atoms with Crippen LogP contribution in [0.1, 0.15) is 5.56 Å². The average molecular weight is 370 g/mol. The van der Waals surface area contributed by atoms with Crippen LogP contribution in [-0.2, 0) is 11.2 Å². The number of amidine groups is 1. The minimum atomic E-state index is -0.327. The zero-order valence-electron chi connectivity index (χ0n) is 14.9. The molecule has 0 saturated heterocycles. The van der Waals surface area contributed by atoms with Crippen LogP contribution >= 0.6 is 0 Å². The Morgan fingerprint density at radius 2 is 2.15 bits per heavy atom. The number of methoxy groups -OCH3 is 1. The summed E-state index contributed by atoms with van der Waals surface area (Å²) in [6.45, 7) is 0.224. The van der Waals surface area contributed by atoms with Crippen molar-refractivity contribution >= 4 is 28.6 Å². The molecule has 0 spiro atoms. The van der Waals surface area contributed by atoms with Gasteiger partial charge in [0.05, 0.1) is 25.4 Å². The van der Waals surface area contributed by atoms with Gasteiger partial charge in [-0.1, -0.05) is 0 Å². The van der Waals surface area contributed by atoms with Gasteiger partial charge in [-0.25, -0.2) is 24.3 Å². The second-order valence-corrected chi connectivity index (χ2v) is 5.53. The van der Waals surface area contributed by atoms with E-state index in [4.69, 9.17) is 15.2 Å². The van der Waals surface area contributed by atoms with Crippen molar-refractivity contribution in [3.63, 3.8) is 0 Å². The Morgan fingerprint density at radius 3 is 2.93 bits per heavy atom. The van der Waals surface area contributed by atoms with E-state index < -0.39 is 0 Å². The monoisotopic (exact) mass is 370 g/mol. The van der Waals surface area contributed by atoms with Crippen molar-refractivity contribution in [3.05, 3.63) is 48.0 Å². The molecule has 0 unspecified atom stereocenters. The van der Waals surface area contributed by atoms with Gasteiger partial charge in [0.1, 0.15) is 11.3 Å². The first-order valence-corrected chi connectivity index (χ1v) is 8.17. The highest BCUT2D eigenvalue weighted by Crippen LogP contribution is 2.24. The molecule has 0 saturated carbocycles. The van der Waals surface area contributed by atoms with Crippen LogP contribution in [0.5, 0.6) is 5.88 Å². The van der Waals surface area contributed by atoms with E-state index in [0.29, 0.717) is 40.4 Å². The number of nitrogens with one attached hydrogen (secondary N) is 1. The van der Waals surface area contributed by atoms with Gasteiger partial charge in [-0.3, -0.25) is 0 Å². The number of anilines is 2. The summed E-state index contributed by atoms with van der Waals surface area (Å²) in [5, 5.41) is 3.15. The Labute approximate surface area is 155 Å². The molecule has 0 aliphatic heterocycles. The number of pyridine rings is 1. The van der Waals surface area contributed by atoms with E-state index in [-0.39, 0.29) is 18.4 Å². The van der Waals surface area contributed by atoms with Crippen molar-refractivity contribution in [1.29, 1.82) is 0 Å². The Hall–Kier alpha value is -3.49. The molecule has 1 aromatic carbocycles. The topological polar surface area (TPSA) is 108 Å². The van der Waals surface area contributed by atoms with E-state index in [1.54, 1.807) is 24.4 Å². The number of aromatic nitrogens is 3. The molecule has 0 aliphatic rings. The molecule has 9 heteroatoms. The van der Waals surface area contributed by atoms with Crippen LogP contribution in [0.25, 0.3) is 11.0 Å². The third-order valence-corrected chi connectivity index (χ3v) is 3.80. The lowest BCUT2D eigenvalue weighted by Gasteiger charge is -2.11. The molecule has 0 fully saturated rings. The first kappa shape index (κ1) is 18.3. The summed E-state index contributed by atoms with van der Waals surface area (Å²) < 4.78 is 24.3. The second kappa shape index (κ2) is 8.26. The van der Waals surface area contributed by atoms with Crippen LogP contribution in [0.3, 0.4) is 0 Å². The van der Waals surface area contributed by atoms with Gasteiger partial charge in [-0.05, 0) is 29.8 Å². The van der Waals surface area contributed by atoms with Crippen molar-refractivity contribution in [2.75, 3.05) is 26.1 Å². The predicted octanol–water partition coefficient (Wildman–Crippen LogP) is 2.42. The lowest BCUT2D eigenvalue weighted by atomic mass is 10.1. The normalized spacial score (nSPS) is 11.4. The van der Waals surface area contributed by atoms with E-state index in [2.05, 4.69) is 25.3 Å². The zero-order chi connectivity index (χ0) is 19.2. The number of aliphatic imine (C=N–C) groups is 1. The van der Waals surface area contributed by atoms with Gasteiger partial charge in [0, 0.05) is 25.4 Å². The van der Waals surface area contributed by atoms with Crippen LogP contribution in [0.15, 0.2) is 41.7 Å². The Balaban J connectivity index is 1.81. The highest BCUT2D eigenvalue weighted by molar-refractivity contribution is 5.87. The molecule has 3 rings (SSSR count). The predicted molar refractivity (Wildman–Crippen MR) is 101 cm³/mol. The minimum absolute atomic E-state index is 0.0682. The van der Waals surface area contributed by atoms with E-state index in [1.807, 2.05) is 0 Å². The summed E-state index contributed by atoms with van der Waals surface area (Å²) in [5.41, 5.74) is 7.84. The van der Waals surface area contributed by atoms with Crippen LogP contribution in [0.4, 0.5) is 15.9 Å². The lowest BCUT2D eigenvalue weighted by Crippen LogP contribution is -2.17. The van der Waals surface area contributed by atoms with Gasteiger partial charge in [-0.2, -0.15) is 0 Å². The summed E-state index contributed by atoms with van der Waals surface area (Å²) in [5.74, 6) is 0.601. The molecule has 2 aromatic heterocycles. The number of hydrogen-bond donors (Lipinski definition) is 2. The Kier molecular flexibility index (Phi) is 5.60. The molecule has 0 atom stereocenters. The number of rotatable bonds is 6. The maximum atomic E-state index is 14.1. The highest BCUT2D eigenvalue weighted by atomic mass is 19.1. The summed E-state index contributed by atoms with van der Waals surface area (Å²) in [6, 6.07) is 6.51. The van der Waals surface area contributed by atoms with Crippen LogP contribution < -0.4 is 15.8 Å². The number of halogens is 1. The fourth-order valence-electron chi connectivity index (χ4n) is 2.43. The van der Waals surface area contributed by atoms with Gasteiger partial charge < -0.3 is 20.5 Å². The van der Waals surface area contributed by atoms with E-state index in [9.17, 15) is 4.39 Å². The number of nitrogens with two attached hydrogens (primary N) is 1. The molecule has 0 amide bonds. The molecule has 0 radical (unpaired) electrons. The standard InChI is InChI=1S/C18H19FN6O2/c1-21-18(20)27-8-6-11-9-12(3-4-13(11)19)24-17-16-14(5-7-22-17)25-15(26-2)10-23-16/h3-5,7,9-10H,6,8H2,1-2H3,(H2,20,21)(H,22,24). The van der Waals surface area contributed by atoms with Crippen molar-refractivity contribution in [2.24, 2.45) is 10.7 Å². The maximum Gasteiger partial charge on any atom is 0.281 e. The Bertz CT molecular complexity index is 979. The molecular weight excluding hydrogens is 351 g/mol. The van der Waals surface area contributed by atoms with Gasteiger partial charge in [-0.15, -0.1) is 0 Å². The number of benzene rings is 1. The van der Waals surface area contributed by atoms with Crippen LogP contribution in [-0.4, -0.2) is 41.7 Å². The fourth-order valence-corrected chi connectivity index (χ4v) is 2.43. The highest BCUT2D eigenvalue weighted by Gasteiger charge is 2.09. The Morgan fingerprint density at radius 1 is 1.30 bits per heavy atom. The molecule has 0 bridgehead atoms. The molecule has 140 valence electrons. The SMILES string of the molecule is CN=C(N)OCCc1cc(Nc2nccc3nc(OC)cnc23)ccc1F. The number of hydrogen-bond acceptors (Lipinski definition) is 7. The molecule has 8 nitrogen and oxygen atoms in total. The quantitative estimate of drug-likeness (QED) is 0.507. The third-order valence-electron chi connectivity index (χ3n) is 3.80. The summed E-state index contributed by atoms with van der Waals surface area (Å²) in [6.07, 6.45) is 3.48. The fraction of sp³-hybridized carbons (Fsp3) is 0.222. The van der Waals surface area contributed by atoms with Crippen molar-refractivity contribution < 1.29 is 13.9 Å². The number of ether oxygens (including phenoxy) is 2. The van der Waals surface area contributed by atoms with Gasteiger partial charge in [0.15, 0.2) is 5.82 Å². The summed E-state index contributed by atoms with van der Waals surface area (Å²) in [4.78, 5) is 16.7. The van der Waals surface area contributed by atoms with E-state index in [1.165, 1.54) is 26.4 Å². The van der Waals surface area contributed by atoms with Crippen molar-refractivity contribution in [1.82, 2.24) is 15.0 Å². The summed E-state index contributed by atoms with van der Waals surface area (Å²) in [7, 11) is 3.05. The molecule has 3 aromatic rings. The minimum Gasteiger partial charge on any atom is -0.480 e. The third kappa shape index (κ3) is 4.38. The van der Waals surface area contributed by atoms with Crippen molar-refractivity contribution in [3.8, 4) is 5.88 Å². The maximum absolute atomic E-state index is 14.1. The molecule has 27 heavy (non-hydrogen) atoms. The van der Waals surface area contributed by atoms with Crippen LogP contribution in [0.2, 0.25) is 0 Å². The zero-order valence-corrected chi connectivity index (χ0v) is 14.9. The lowest BCUT2D eigenvalue weighted by molar-refractivity contribution is 0.301. The molecule has 0 aliphatic carbocycles. The average Bonchev–Trinajstić information content (AvgIpc) is 2.69. The van der Waals surface area contributed by atoms with Gasteiger partial charge in [0.2, 0.25) is 5.88 Å². The van der Waals surface area contributed by atoms with E-state index in [0.717, 1.165) is 0 Å². The number of nitrogens with zero attached hydrogens (tertiary/aromatic N) is 4. The van der Waals surface area contributed by atoms with Crippen LogP contribution in [0, 0.1) is 5.82 Å².